The Bertz CT molecular complexity index is 804. The lowest BCUT2D eigenvalue weighted by atomic mass is 10.0. The third kappa shape index (κ3) is 5.97. The third-order valence-electron chi connectivity index (χ3n) is 4.24. The Hall–Kier alpha value is -2.57. The quantitative estimate of drug-likeness (QED) is 0.697. The van der Waals surface area contributed by atoms with E-state index in [4.69, 9.17) is 10.6 Å². The number of nitrogens with two attached hydrogens (primary N) is 1. The minimum absolute atomic E-state index is 0. The largest absolute Gasteiger partial charge is 0.484 e. The van der Waals surface area contributed by atoms with Crippen LogP contribution in [0.3, 0.4) is 0 Å². The Morgan fingerprint density at radius 2 is 1.75 bits per heavy atom. The number of rotatable bonds is 7. The lowest BCUT2D eigenvalue weighted by Crippen LogP contribution is -2.34. The number of hydrogen-bond acceptors (Lipinski definition) is 5. The van der Waals surface area contributed by atoms with Gasteiger partial charge >= 0.3 is 0 Å². The fraction of sp³-hybridized carbons (Fsp3) is 0.333. The summed E-state index contributed by atoms with van der Waals surface area (Å²) in [6, 6.07) is 16.3. The molecule has 0 fully saturated rings. The van der Waals surface area contributed by atoms with Crippen molar-refractivity contribution in [2.75, 3.05) is 19.7 Å². The molecule has 0 saturated carbocycles. The number of nitrogens with zero attached hydrogens (tertiary/aromatic N) is 2. The normalized spacial score (nSPS) is 13.1. The molecule has 0 spiro atoms. The number of benzene rings is 2. The van der Waals surface area contributed by atoms with Crippen molar-refractivity contribution in [2.45, 2.75) is 26.3 Å². The van der Waals surface area contributed by atoms with E-state index in [1.54, 1.807) is 5.01 Å². The van der Waals surface area contributed by atoms with Crippen molar-refractivity contribution in [1.82, 2.24) is 10.3 Å². The highest BCUT2D eigenvalue weighted by Gasteiger charge is 2.14. The lowest BCUT2D eigenvalue weighted by Gasteiger charge is -2.13. The van der Waals surface area contributed by atoms with Crippen LogP contribution in [0.25, 0.3) is 0 Å². The first-order chi connectivity index (χ1) is 13.0. The van der Waals surface area contributed by atoms with Crippen LogP contribution in [-0.2, 0) is 11.2 Å². The number of halogens is 1. The summed E-state index contributed by atoms with van der Waals surface area (Å²) in [6.45, 7) is 5.39. The molecule has 2 aromatic rings. The number of hydrazine groups is 1. The Morgan fingerprint density at radius 1 is 1.14 bits per heavy atom. The van der Waals surface area contributed by atoms with Crippen LogP contribution >= 0.6 is 12.4 Å². The standard InChI is InChI=1S/C21H26N4O2.ClH/c1-15(2)24-20(26)14-27-19-9-5-17(6-10-19)13-16-3-7-18(8-4-16)21-23-11-12-25(21)22;/h3-10,15H,11-14,22H2,1-2H3,(H,24,26);1H. The molecular weight excluding hydrogens is 376 g/mol. The third-order valence-corrected chi connectivity index (χ3v) is 4.24. The molecule has 1 heterocycles. The van der Waals surface area contributed by atoms with E-state index in [1.807, 2.05) is 38.1 Å². The van der Waals surface area contributed by atoms with Gasteiger partial charge in [0.1, 0.15) is 11.6 Å². The zero-order chi connectivity index (χ0) is 19.2. The van der Waals surface area contributed by atoms with Crippen LogP contribution in [0.4, 0.5) is 0 Å². The highest BCUT2D eigenvalue weighted by Crippen LogP contribution is 2.17. The molecule has 3 N–H and O–H groups in total. The van der Waals surface area contributed by atoms with Crippen molar-refractivity contribution >= 4 is 24.1 Å². The fourth-order valence-corrected chi connectivity index (χ4v) is 2.94. The molecule has 1 aliphatic rings. The molecule has 7 heteroatoms. The summed E-state index contributed by atoms with van der Waals surface area (Å²) in [6.07, 6.45) is 0.827. The molecule has 0 aromatic heterocycles. The van der Waals surface area contributed by atoms with Crippen LogP contribution in [0.2, 0.25) is 0 Å². The number of nitrogens with one attached hydrogen (secondary N) is 1. The van der Waals surface area contributed by atoms with E-state index in [0.29, 0.717) is 5.75 Å². The van der Waals surface area contributed by atoms with Crippen molar-refractivity contribution in [3.8, 4) is 5.75 Å². The molecule has 2 aromatic carbocycles. The molecular formula is C21H27ClN4O2. The molecule has 0 radical (unpaired) electrons. The Balaban J connectivity index is 0.00000280. The van der Waals surface area contributed by atoms with Crippen molar-refractivity contribution in [3.63, 3.8) is 0 Å². The molecule has 1 amide bonds. The average Bonchev–Trinajstić information content (AvgIpc) is 3.07. The Labute approximate surface area is 172 Å². The molecule has 0 saturated heterocycles. The summed E-state index contributed by atoms with van der Waals surface area (Å²) in [5.74, 6) is 7.35. The first-order valence-corrected chi connectivity index (χ1v) is 9.18. The SMILES string of the molecule is CC(C)NC(=O)COc1ccc(Cc2ccc(C3=NCCN3N)cc2)cc1.Cl. The summed E-state index contributed by atoms with van der Waals surface area (Å²) < 4.78 is 5.51. The summed E-state index contributed by atoms with van der Waals surface area (Å²) >= 11 is 0. The molecule has 150 valence electrons. The second kappa shape index (κ2) is 10.1. The van der Waals surface area contributed by atoms with Crippen LogP contribution in [0, 0.1) is 0 Å². The summed E-state index contributed by atoms with van der Waals surface area (Å²) in [7, 11) is 0. The minimum Gasteiger partial charge on any atom is -0.484 e. The minimum atomic E-state index is -0.114. The molecule has 0 bridgehead atoms. The van der Waals surface area contributed by atoms with Crippen molar-refractivity contribution in [2.24, 2.45) is 10.8 Å². The van der Waals surface area contributed by atoms with Gasteiger partial charge in [-0.15, -0.1) is 12.4 Å². The smallest absolute Gasteiger partial charge is 0.258 e. The van der Waals surface area contributed by atoms with E-state index in [-0.39, 0.29) is 31.0 Å². The summed E-state index contributed by atoms with van der Waals surface area (Å²) in [4.78, 5) is 16.1. The first-order valence-electron chi connectivity index (χ1n) is 9.18. The number of hydrogen-bond donors (Lipinski definition) is 2. The lowest BCUT2D eigenvalue weighted by molar-refractivity contribution is -0.123. The van der Waals surface area contributed by atoms with Gasteiger partial charge in [0.15, 0.2) is 6.61 Å². The molecule has 6 nitrogen and oxygen atoms in total. The molecule has 1 aliphatic heterocycles. The number of ether oxygens (including phenoxy) is 1. The van der Waals surface area contributed by atoms with Crippen LogP contribution in [-0.4, -0.2) is 42.5 Å². The molecule has 0 aliphatic carbocycles. The van der Waals surface area contributed by atoms with Gasteiger partial charge in [0.05, 0.1) is 13.1 Å². The van der Waals surface area contributed by atoms with E-state index in [9.17, 15) is 4.79 Å². The van der Waals surface area contributed by atoms with Gasteiger partial charge in [0.2, 0.25) is 0 Å². The van der Waals surface area contributed by atoms with Crippen LogP contribution in [0.15, 0.2) is 53.5 Å². The first kappa shape index (κ1) is 21.7. The molecule has 3 rings (SSSR count). The zero-order valence-corrected chi connectivity index (χ0v) is 17.0. The predicted molar refractivity (Wildman–Crippen MR) is 114 cm³/mol. The van der Waals surface area contributed by atoms with Gasteiger partial charge in [-0.3, -0.25) is 14.8 Å². The van der Waals surface area contributed by atoms with E-state index in [2.05, 4.69) is 34.6 Å². The second-order valence-corrected chi connectivity index (χ2v) is 6.93. The van der Waals surface area contributed by atoms with Crippen LogP contribution in [0.5, 0.6) is 5.75 Å². The fourth-order valence-electron chi connectivity index (χ4n) is 2.94. The van der Waals surface area contributed by atoms with Gasteiger partial charge in [0, 0.05) is 11.6 Å². The number of amidine groups is 1. The van der Waals surface area contributed by atoms with Crippen molar-refractivity contribution < 1.29 is 9.53 Å². The van der Waals surface area contributed by atoms with Gasteiger partial charge in [-0.25, -0.2) is 5.84 Å². The number of carbonyl (C=O) groups excluding carboxylic acids is 1. The molecule has 0 atom stereocenters. The maximum Gasteiger partial charge on any atom is 0.258 e. The zero-order valence-electron chi connectivity index (χ0n) is 16.2. The molecule has 0 unspecified atom stereocenters. The summed E-state index contributed by atoms with van der Waals surface area (Å²) in [5.41, 5.74) is 3.44. The van der Waals surface area contributed by atoms with Crippen molar-refractivity contribution in [1.29, 1.82) is 0 Å². The van der Waals surface area contributed by atoms with E-state index in [0.717, 1.165) is 30.9 Å². The Kier molecular flexibility index (Phi) is 7.84. The van der Waals surface area contributed by atoms with Gasteiger partial charge in [0.25, 0.3) is 5.91 Å². The van der Waals surface area contributed by atoms with Gasteiger partial charge in [-0.05, 0) is 43.5 Å². The second-order valence-electron chi connectivity index (χ2n) is 6.93. The topological polar surface area (TPSA) is 80.0 Å². The number of carbonyl (C=O) groups is 1. The average molecular weight is 403 g/mol. The van der Waals surface area contributed by atoms with Crippen molar-refractivity contribution in [3.05, 3.63) is 65.2 Å². The number of aliphatic imine (C=N–C) groups is 1. The predicted octanol–water partition coefficient (Wildman–Crippen LogP) is 2.54. The maximum absolute atomic E-state index is 11.6. The van der Waals surface area contributed by atoms with E-state index < -0.39 is 0 Å². The summed E-state index contributed by atoms with van der Waals surface area (Å²) in [5, 5.41) is 4.49. The van der Waals surface area contributed by atoms with Gasteiger partial charge in [-0.1, -0.05) is 36.4 Å². The van der Waals surface area contributed by atoms with E-state index >= 15 is 0 Å². The van der Waals surface area contributed by atoms with Crippen LogP contribution in [0.1, 0.15) is 30.5 Å². The molecule has 28 heavy (non-hydrogen) atoms. The highest BCUT2D eigenvalue weighted by molar-refractivity contribution is 5.99. The van der Waals surface area contributed by atoms with Gasteiger partial charge < -0.3 is 10.1 Å². The Morgan fingerprint density at radius 3 is 2.29 bits per heavy atom. The maximum atomic E-state index is 11.6. The number of amides is 1. The van der Waals surface area contributed by atoms with Crippen LogP contribution < -0.4 is 15.9 Å². The van der Waals surface area contributed by atoms with E-state index in [1.165, 1.54) is 11.1 Å². The monoisotopic (exact) mass is 402 g/mol. The van der Waals surface area contributed by atoms with Gasteiger partial charge in [-0.2, -0.15) is 0 Å². The highest BCUT2D eigenvalue weighted by atomic mass is 35.5.